The van der Waals surface area contributed by atoms with Gasteiger partial charge in [0.05, 0.1) is 0 Å². The molecule has 1 aliphatic rings. The maximum absolute atomic E-state index is 3.40. The molecule has 1 aromatic carbocycles. The van der Waals surface area contributed by atoms with Crippen molar-refractivity contribution in [3.8, 4) is 0 Å². The summed E-state index contributed by atoms with van der Waals surface area (Å²) in [6.45, 7) is 11.3. The van der Waals surface area contributed by atoms with Crippen molar-refractivity contribution < 1.29 is 0 Å². The molecule has 88 valence electrons. The second-order valence-corrected chi connectivity index (χ2v) is 4.82. The second kappa shape index (κ2) is 4.98. The molecule has 1 N–H and O–H groups in total. The minimum Gasteiger partial charge on any atom is -0.314 e. The average molecular weight is 218 g/mol. The monoisotopic (exact) mass is 218 g/mol. The summed E-state index contributed by atoms with van der Waals surface area (Å²) in [5, 5.41) is 3.40. The highest BCUT2D eigenvalue weighted by atomic mass is 15.2. The molecule has 0 radical (unpaired) electrons. The van der Waals surface area contributed by atoms with Crippen molar-refractivity contribution in [1.29, 1.82) is 0 Å². The molecule has 0 saturated carbocycles. The molecule has 1 heterocycles. The first-order chi connectivity index (χ1) is 7.68. The number of hydrogen-bond acceptors (Lipinski definition) is 2. The summed E-state index contributed by atoms with van der Waals surface area (Å²) in [4.78, 5) is 2.56. The van der Waals surface area contributed by atoms with Gasteiger partial charge in [0, 0.05) is 32.2 Å². The Kier molecular flexibility index (Phi) is 3.62. The Bertz CT molecular complexity index is 354. The molecule has 0 spiro atoms. The molecule has 1 fully saturated rings. The molecule has 0 bridgehead atoms. The zero-order valence-electron chi connectivity index (χ0n) is 10.6. The SMILES string of the molecule is Cc1ccc([C@@H](C)N2CCNCC2)c(C)c1. The van der Waals surface area contributed by atoms with E-state index in [2.05, 4.69) is 49.2 Å². The van der Waals surface area contributed by atoms with Gasteiger partial charge in [-0.2, -0.15) is 0 Å². The molecule has 1 aliphatic heterocycles. The highest BCUT2D eigenvalue weighted by Crippen LogP contribution is 2.24. The van der Waals surface area contributed by atoms with Crippen LogP contribution in [0.15, 0.2) is 18.2 Å². The van der Waals surface area contributed by atoms with Gasteiger partial charge in [0.25, 0.3) is 0 Å². The maximum atomic E-state index is 3.40. The number of hydrogen-bond donors (Lipinski definition) is 1. The van der Waals surface area contributed by atoms with E-state index in [1.807, 2.05) is 0 Å². The summed E-state index contributed by atoms with van der Waals surface area (Å²) < 4.78 is 0. The number of aryl methyl sites for hydroxylation is 2. The lowest BCUT2D eigenvalue weighted by Gasteiger charge is -2.33. The van der Waals surface area contributed by atoms with E-state index in [-0.39, 0.29) is 0 Å². The third-order valence-electron chi connectivity index (χ3n) is 3.57. The smallest absolute Gasteiger partial charge is 0.0323 e. The zero-order chi connectivity index (χ0) is 11.5. The topological polar surface area (TPSA) is 15.3 Å². The Morgan fingerprint density at radius 3 is 2.50 bits per heavy atom. The summed E-state index contributed by atoms with van der Waals surface area (Å²) in [5.74, 6) is 0. The van der Waals surface area contributed by atoms with Gasteiger partial charge in [-0.1, -0.05) is 23.8 Å². The number of rotatable bonds is 2. The number of nitrogens with one attached hydrogen (secondary N) is 1. The minimum absolute atomic E-state index is 0.544. The molecule has 1 aromatic rings. The molecule has 0 amide bonds. The fourth-order valence-electron chi connectivity index (χ4n) is 2.56. The number of benzene rings is 1. The summed E-state index contributed by atoms with van der Waals surface area (Å²) in [6.07, 6.45) is 0. The fourth-order valence-corrected chi connectivity index (χ4v) is 2.56. The van der Waals surface area contributed by atoms with Crippen LogP contribution >= 0.6 is 0 Å². The van der Waals surface area contributed by atoms with E-state index in [9.17, 15) is 0 Å². The van der Waals surface area contributed by atoms with Gasteiger partial charge in [0.15, 0.2) is 0 Å². The van der Waals surface area contributed by atoms with E-state index in [0.717, 1.165) is 26.2 Å². The summed E-state index contributed by atoms with van der Waals surface area (Å²) in [5.41, 5.74) is 4.26. The van der Waals surface area contributed by atoms with Crippen molar-refractivity contribution in [1.82, 2.24) is 10.2 Å². The number of nitrogens with zero attached hydrogens (tertiary/aromatic N) is 1. The molecule has 2 heteroatoms. The van der Waals surface area contributed by atoms with Crippen LogP contribution in [0.5, 0.6) is 0 Å². The van der Waals surface area contributed by atoms with Crippen LogP contribution in [0.2, 0.25) is 0 Å². The van der Waals surface area contributed by atoms with E-state index >= 15 is 0 Å². The first-order valence-electron chi connectivity index (χ1n) is 6.20. The predicted molar refractivity (Wildman–Crippen MR) is 68.8 cm³/mol. The molecule has 2 rings (SSSR count). The fraction of sp³-hybridized carbons (Fsp3) is 0.571. The lowest BCUT2D eigenvalue weighted by atomic mass is 9.99. The van der Waals surface area contributed by atoms with Gasteiger partial charge in [-0.25, -0.2) is 0 Å². The Balaban J connectivity index is 2.15. The van der Waals surface area contributed by atoms with Crippen molar-refractivity contribution >= 4 is 0 Å². The molecular formula is C14H22N2. The Hall–Kier alpha value is -0.860. The van der Waals surface area contributed by atoms with E-state index < -0.39 is 0 Å². The molecule has 2 nitrogen and oxygen atoms in total. The van der Waals surface area contributed by atoms with Gasteiger partial charge >= 0.3 is 0 Å². The van der Waals surface area contributed by atoms with Crippen LogP contribution in [0.1, 0.15) is 29.7 Å². The minimum atomic E-state index is 0.544. The van der Waals surface area contributed by atoms with Crippen molar-refractivity contribution in [3.63, 3.8) is 0 Å². The summed E-state index contributed by atoms with van der Waals surface area (Å²) >= 11 is 0. The van der Waals surface area contributed by atoms with Crippen molar-refractivity contribution in [2.45, 2.75) is 26.8 Å². The zero-order valence-corrected chi connectivity index (χ0v) is 10.6. The molecule has 16 heavy (non-hydrogen) atoms. The van der Waals surface area contributed by atoms with E-state index in [1.165, 1.54) is 16.7 Å². The lowest BCUT2D eigenvalue weighted by molar-refractivity contribution is 0.185. The molecule has 1 atom stereocenters. The van der Waals surface area contributed by atoms with Crippen LogP contribution < -0.4 is 5.32 Å². The molecule has 0 aliphatic carbocycles. The van der Waals surface area contributed by atoms with Gasteiger partial charge in [0.2, 0.25) is 0 Å². The van der Waals surface area contributed by atoms with Crippen molar-refractivity contribution in [2.24, 2.45) is 0 Å². The third kappa shape index (κ3) is 2.45. The maximum Gasteiger partial charge on any atom is 0.0323 e. The largest absolute Gasteiger partial charge is 0.314 e. The van der Waals surface area contributed by atoms with Crippen LogP contribution in [0.3, 0.4) is 0 Å². The summed E-state index contributed by atoms with van der Waals surface area (Å²) in [7, 11) is 0. The van der Waals surface area contributed by atoms with Crippen LogP contribution in [0, 0.1) is 13.8 Å². The highest BCUT2D eigenvalue weighted by molar-refractivity contribution is 5.32. The van der Waals surface area contributed by atoms with Gasteiger partial charge in [0.1, 0.15) is 0 Å². The quantitative estimate of drug-likeness (QED) is 0.819. The second-order valence-electron chi connectivity index (χ2n) is 4.82. The summed E-state index contributed by atoms with van der Waals surface area (Å²) in [6, 6.07) is 7.34. The van der Waals surface area contributed by atoms with Crippen LogP contribution in [0.25, 0.3) is 0 Å². The molecule has 0 unspecified atom stereocenters. The number of piperazine rings is 1. The van der Waals surface area contributed by atoms with Crippen LogP contribution in [-0.4, -0.2) is 31.1 Å². The third-order valence-corrected chi connectivity index (χ3v) is 3.57. The lowest BCUT2D eigenvalue weighted by Crippen LogP contribution is -2.44. The average Bonchev–Trinajstić information content (AvgIpc) is 2.29. The molecule has 1 saturated heterocycles. The standard InChI is InChI=1S/C14H22N2/c1-11-4-5-14(12(2)10-11)13(3)16-8-6-15-7-9-16/h4-5,10,13,15H,6-9H2,1-3H3/t13-/m1/s1. The van der Waals surface area contributed by atoms with E-state index in [0.29, 0.717) is 6.04 Å². The van der Waals surface area contributed by atoms with Gasteiger partial charge in [-0.05, 0) is 31.9 Å². The van der Waals surface area contributed by atoms with Gasteiger partial charge in [-0.3, -0.25) is 4.90 Å². The molecular weight excluding hydrogens is 196 g/mol. The van der Waals surface area contributed by atoms with E-state index in [4.69, 9.17) is 0 Å². The highest BCUT2D eigenvalue weighted by Gasteiger charge is 2.18. The predicted octanol–water partition coefficient (Wildman–Crippen LogP) is 2.27. The van der Waals surface area contributed by atoms with Gasteiger partial charge in [-0.15, -0.1) is 0 Å². The first-order valence-corrected chi connectivity index (χ1v) is 6.20. The van der Waals surface area contributed by atoms with E-state index in [1.54, 1.807) is 0 Å². The van der Waals surface area contributed by atoms with Crippen molar-refractivity contribution in [2.75, 3.05) is 26.2 Å². The Labute approximate surface area is 98.7 Å². The van der Waals surface area contributed by atoms with Gasteiger partial charge < -0.3 is 5.32 Å². The first kappa shape index (κ1) is 11.6. The normalized spacial score (nSPS) is 19.7. The van der Waals surface area contributed by atoms with Crippen molar-refractivity contribution in [3.05, 3.63) is 34.9 Å². The van der Waals surface area contributed by atoms with Crippen LogP contribution in [0.4, 0.5) is 0 Å². The Morgan fingerprint density at radius 1 is 1.19 bits per heavy atom. The Morgan fingerprint density at radius 2 is 1.88 bits per heavy atom. The van der Waals surface area contributed by atoms with Crippen LogP contribution in [-0.2, 0) is 0 Å². The molecule has 0 aromatic heterocycles.